The van der Waals surface area contributed by atoms with E-state index in [2.05, 4.69) is 5.32 Å². The summed E-state index contributed by atoms with van der Waals surface area (Å²) >= 11 is 0. The summed E-state index contributed by atoms with van der Waals surface area (Å²) in [6, 6.07) is 8.98. The van der Waals surface area contributed by atoms with Gasteiger partial charge in [0, 0.05) is 23.6 Å². The molecule has 0 bridgehead atoms. The van der Waals surface area contributed by atoms with Crippen LogP contribution in [0.15, 0.2) is 36.4 Å². The molecule has 0 saturated carbocycles. The van der Waals surface area contributed by atoms with Crippen LogP contribution in [0.1, 0.15) is 52.3 Å². The molecule has 0 aliphatic carbocycles. The van der Waals surface area contributed by atoms with E-state index < -0.39 is 24.1 Å². The van der Waals surface area contributed by atoms with Gasteiger partial charge in [0.2, 0.25) is 24.8 Å². The molecule has 0 spiro atoms. The average Bonchev–Trinajstić information content (AvgIpc) is 3.44. The third kappa shape index (κ3) is 3.09. The second-order valence-electron chi connectivity index (χ2n) is 7.50. The number of ether oxygens (including phenoxy) is 3. The molecular weight excluding hydrogens is 404 g/mol. The van der Waals surface area contributed by atoms with Crippen LogP contribution in [0, 0.1) is 0 Å². The number of hydrogen-bond acceptors (Lipinski definition) is 7. The monoisotopic (exact) mass is 422 g/mol. The molecule has 1 fully saturated rings. The largest absolute Gasteiger partial charge is 0.454 e. The van der Waals surface area contributed by atoms with Crippen molar-refractivity contribution >= 4 is 29.3 Å². The molecule has 3 heterocycles. The Morgan fingerprint density at radius 3 is 2.61 bits per heavy atom. The number of likely N-dealkylation sites (tertiary alicyclic amines) is 1. The van der Waals surface area contributed by atoms with Gasteiger partial charge in [0.05, 0.1) is 11.3 Å². The molecular formula is C22H18N2O7. The van der Waals surface area contributed by atoms with Crippen molar-refractivity contribution in [1.29, 1.82) is 0 Å². The number of benzene rings is 2. The highest BCUT2D eigenvalue weighted by atomic mass is 16.7. The first-order chi connectivity index (χ1) is 14.9. The normalized spacial score (nSPS) is 21.1. The Hall–Kier alpha value is -3.88. The molecule has 2 aromatic rings. The third-order valence-electron chi connectivity index (χ3n) is 5.63. The van der Waals surface area contributed by atoms with Crippen molar-refractivity contribution in [2.75, 3.05) is 12.1 Å². The van der Waals surface area contributed by atoms with Crippen molar-refractivity contribution < 1.29 is 33.4 Å². The molecule has 0 unspecified atom stereocenters. The lowest BCUT2D eigenvalue weighted by atomic mass is 10.1. The number of nitrogens with one attached hydrogen (secondary N) is 1. The van der Waals surface area contributed by atoms with E-state index in [1.807, 2.05) is 0 Å². The first kappa shape index (κ1) is 19.1. The van der Waals surface area contributed by atoms with E-state index in [9.17, 15) is 19.2 Å². The molecule has 5 rings (SSSR count). The van der Waals surface area contributed by atoms with E-state index in [0.717, 1.165) is 0 Å². The van der Waals surface area contributed by atoms with Crippen molar-refractivity contribution in [2.24, 2.45) is 0 Å². The van der Waals surface area contributed by atoms with E-state index in [4.69, 9.17) is 14.2 Å². The van der Waals surface area contributed by atoms with Gasteiger partial charge in [-0.2, -0.15) is 0 Å². The fourth-order valence-electron chi connectivity index (χ4n) is 4.14. The van der Waals surface area contributed by atoms with Crippen molar-refractivity contribution in [3.8, 4) is 11.5 Å². The van der Waals surface area contributed by atoms with Crippen molar-refractivity contribution in [3.05, 3.63) is 53.1 Å². The number of hydrogen-bond donors (Lipinski definition) is 1. The Morgan fingerprint density at radius 2 is 1.84 bits per heavy atom. The first-order valence-electron chi connectivity index (χ1n) is 9.80. The summed E-state index contributed by atoms with van der Waals surface area (Å²) in [6.07, 6.45) is -0.547. The highest BCUT2D eigenvalue weighted by molar-refractivity contribution is 6.07. The van der Waals surface area contributed by atoms with Crippen molar-refractivity contribution in [1.82, 2.24) is 4.90 Å². The lowest BCUT2D eigenvalue weighted by Crippen LogP contribution is -2.44. The molecule has 3 aliphatic rings. The van der Waals surface area contributed by atoms with Gasteiger partial charge in [-0.1, -0.05) is 18.2 Å². The number of carbonyl (C=O) groups is 4. The standard InChI is InChI=1S/C22H18N2O7/c1-11(25)14-8-17-18(30-10-29-17)9-15(14)23-20(27)16-6-7-19(26)24(16)21-12-4-2-3-5-13(12)22(28)31-21/h2-5,8-9,16,21H,6-7,10H2,1H3,(H,23,27)/t16-,21+/m0/s1. The van der Waals surface area contributed by atoms with Crippen LogP contribution < -0.4 is 14.8 Å². The van der Waals surface area contributed by atoms with Crippen LogP contribution in [0.3, 0.4) is 0 Å². The van der Waals surface area contributed by atoms with Gasteiger partial charge >= 0.3 is 5.97 Å². The van der Waals surface area contributed by atoms with Gasteiger partial charge in [-0.15, -0.1) is 0 Å². The molecule has 9 nitrogen and oxygen atoms in total. The van der Waals surface area contributed by atoms with E-state index in [0.29, 0.717) is 22.6 Å². The summed E-state index contributed by atoms with van der Waals surface area (Å²) in [6.45, 7) is 1.41. The molecule has 1 saturated heterocycles. The van der Waals surface area contributed by atoms with Crippen LogP contribution in [0.2, 0.25) is 0 Å². The van der Waals surface area contributed by atoms with Crippen LogP contribution in [0.25, 0.3) is 0 Å². The maximum absolute atomic E-state index is 13.2. The number of rotatable bonds is 4. The number of nitrogens with zero attached hydrogens (tertiary/aromatic N) is 1. The molecule has 3 aliphatic heterocycles. The third-order valence-corrected chi connectivity index (χ3v) is 5.63. The van der Waals surface area contributed by atoms with Gasteiger partial charge in [0.25, 0.3) is 0 Å². The summed E-state index contributed by atoms with van der Waals surface area (Å²) < 4.78 is 16.1. The maximum atomic E-state index is 13.2. The summed E-state index contributed by atoms with van der Waals surface area (Å²) in [4.78, 5) is 51.4. The molecule has 9 heteroatoms. The van der Waals surface area contributed by atoms with E-state index in [1.54, 1.807) is 24.3 Å². The minimum Gasteiger partial charge on any atom is -0.454 e. The number of cyclic esters (lactones) is 1. The number of amides is 2. The van der Waals surface area contributed by atoms with Gasteiger partial charge in [-0.05, 0) is 25.5 Å². The van der Waals surface area contributed by atoms with Crippen LogP contribution in [0.4, 0.5) is 5.69 Å². The zero-order valence-corrected chi connectivity index (χ0v) is 16.5. The number of carbonyl (C=O) groups excluding carboxylic acids is 4. The molecule has 1 N–H and O–H groups in total. The lowest BCUT2D eigenvalue weighted by Gasteiger charge is -2.29. The van der Waals surface area contributed by atoms with Crippen LogP contribution in [-0.2, 0) is 14.3 Å². The molecule has 2 amide bonds. The highest BCUT2D eigenvalue weighted by Crippen LogP contribution is 2.40. The summed E-state index contributed by atoms with van der Waals surface area (Å²) in [5, 5.41) is 2.74. The molecule has 2 aromatic carbocycles. The van der Waals surface area contributed by atoms with Gasteiger partial charge in [-0.25, -0.2) is 4.79 Å². The quantitative estimate of drug-likeness (QED) is 0.595. The fraction of sp³-hybridized carbons (Fsp3) is 0.273. The molecule has 2 atom stereocenters. The predicted octanol–water partition coefficient (Wildman–Crippen LogP) is 2.42. The average molecular weight is 422 g/mol. The van der Waals surface area contributed by atoms with E-state index in [-0.39, 0.29) is 42.6 Å². The lowest BCUT2D eigenvalue weighted by molar-refractivity contribution is -0.144. The number of anilines is 1. The second-order valence-corrected chi connectivity index (χ2v) is 7.50. The molecule has 31 heavy (non-hydrogen) atoms. The van der Waals surface area contributed by atoms with Crippen LogP contribution in [-0.4, -0.2) is 41.3 Å². The van der Waals surface area contributed by atoms with Gasteiger partial charge in [0.15, 0.2) is 17.3 Å². The number of esters is 1. The Morgan fingerprint density at radius 1 is 1.10 bits per heavy atom. The van der Waals surface area contributed by atoms with Gasteiger partial charge in [0.1, 0.15) is 6.04 Å². The van der Waals surface area contributed by atoms with Gasteiger partial charge in [-0.3, -0.25) is 19.3 Å². The minimum absolute atomic E-state index is 0.0292. The summed E-state index contributed by atoms with van der Waals surface area (Å²) in [5.41, 5.74) is 1.46. The second kappa shape index (κ2) is 7.12. The Balaban J connectivity index is 1.44. The highest BCUT2D eigenvalue weighted by Gasteiger charge is 2.46. The fourth-order valence-corrected chi connectivity index (χ4v) is 4.14. The topological polar surface area (TPSA) is 111 Å². The maximum Gasteiger partial charge on any atom is 0.340 e. The van der Waals surface area contributed by atoms with Crippen molar-refractivity contribution in [3.63, 3.8) is 0 Å². The van der Waals surface area contributed by atoms with E-state index in [1.165, 1.54) is 24.0 Å². The minimum atomic E-state index is -0.960. The molecule has 158 valence electrons. The van der Waals surface area contributed by atoms with Crippen molar-refractivity contribution in [2.45, 2.75) is 32.0 Å². The molecule has 0 aromatic heterocycles. The SMILES string of the molecule is CC(=O)c1cc2c(cc1NC(=O)[C@@H]1CCC(=O)N1[C@@H]1OC(=O)c3ccccc31)OCO2. The Labute approximate surface area is 176 Å². The Kier molecular flexibility index (Phi) is 4.39. The first-order valence-corrected chi connectivity index (χ1v) is 9.80. The predicted molar refractivity (Wildman–Crippen MR) is 106 cm³/mol. The van der Waals surface area contributed by atoms with Gasteiger partial charge < -0.3 is 19.5 Å². The zero-order chi connectivity index (χ0) is 21.7. The number of fused-ring (bicyclic) bond motifs is 2. The smallest absolute Gasteiger partial charge is 0.340 e. The summed E-state index contributed by atoms with van der Waals surface area (Å²) in [5.74, 6) is -0.714. The molecule has 0 radical (unpaired) electrons. The number of Topliss-reactive ketones (excluding diaryl/α,β-unsaturated/α-hetero) is 1. The van der Waals surface area contributed by atoms with E-state index >= 15 is 0 Å². The summed E-state index contributed by atoms with van der Waals surface area (Å²) in [7, 11) is 0. The Bertz CT molecular complexity index is 1140. The van der Waals surface area contributed by atoms with Crippen LogP contribution in [0.5, 0.6) is 11.5 Å². The number of ketones is 1. The van der Waals surface area contributed by atoms with Crippen LogP contribution >= 0.6 is 0 Å². The zero-order valence-electron chi connectivity index (χ0n) is 16.5.